The Hall–Kier alpha value is -3.39. The van der Waals surface area contributed by atoms with Crippen LogP contribution in [0.25, 0.3) is 6.08 Å². The van der Waals surface area contributed by atoms with E-state index in [0.717, 1.165) is 5.56 Å². The lowest BCUT2D eigenvalue weighted by molar-refractivity contribution is -0.111. The molecule has 2 aromatic rings. The van der Waals surface area contributed by atoms with Crippen LogP contribution in [-0.2, 0) is 4.79 Å². The van der Waals surface area contributed by atoms with Crippen molar-refractivity contribution in [3.63, 3.8) is 0 Å². The summed E-state index contributed by atoms with van der Waals surface area (Å²) in [4.78, 5) is 22.5. The molecule has 0 spiro atoms. The van der Waals surface area contributed by atoms with Crippen LogP contribution in [0.1, 0.15) is 21.5 Å². The van der Waals surface area contributed by atoms with Gasteiger partial charge in [0.1, 0.15) is 0 Å². The van der Waals surface area contributed by atoms with Crippen molar-refractivity contribution in [2.75, 3.05) is 5.32 Å². The highest BCUT2D eigenvalue weighted by Crippen LogP contribution is 2.10. The number of nitrogens with one attached hydrogen (secondary N) is 1. The maximum Gasteiger partial charge on any atom is 0.335 e. The smallest absolute Gasteiger partial charge is 0.335 e. The van der Waals surface area contributed by atoms with E-state index in [1.165, 1.54) is 18.2 Å². The van der Waals surface area contributed by atoms with Crippen molar-refractivity contribution in [1.82, 2.24) is 0 Å². The van der Waals surface area contributed by atoms with Crippen molar-refractivity contribution in [2.45, 2.75) is 0 Å². The van der Waals surface area contributed by atoms with Crippen LogP contribution >= 0.6 is 0 Å². The zero-order valence-electron chi connectivity index (χ0n) is 11.5. The van der Waals surface area contributed by atoms with E-state index < -0.39 is 5.97 Å². The second-order valence-electron chi connectivity index (χ2n) is 4.44. The van der Waals surface area contributed by atoms with Gasteiger partial charge in [0.2, 0.25) is 5.91 Å². The van der Waals surface area contributed by atoms with Crippen LogP contribution in [0, 0.1) is 11.3 Å². The van der Waals surface area contributed by atoms with E-state index in [1.807, 2.05) is 6.07 Å². The van der Waals surface area contributed by atoms with Gasteiger partial charge in [0, 0.05) is 11.8 Å². The average molecular weight is 292 g/mol. The summed E-state index contributed by atoms with van der Waals surface area (Å²) in [5.41, 5.74) is 2.03. The number of anilines is 1. The molecule has 22 heavy (non-hydrogen) atoms. The first kappa shape index (κ1) is 15.0. The lowest BCUT2D eigenvalue weighted by atomic mass is 10.1. The molecule has 0 aromatic heterocycles. The van der Waals surface area contributed by atoms with Gasteiger partial charge in [0.15, 0.2) is 0 Å². The van der Waals surface area contributed by atoms with E-state index in [4.69, 9.17) is 10.4 Å². The van der Waals surface area contributed by atoms with Crippen LogP contribution in [0.4, 0.5) is 5.69 Å². The van der Waals surface area contributed by atoms with E-state index in [0.29, 0.717) is 11.3 Å². The van der Waals surface area contributed by atoms with E-state index >= 15 is 0 Å². The fourth-order valence-corrected chi connectivity index (χ4v) is 1.72. The molecule has 0 bridgehead atoms. The van der Waals surface area contributed by atoms with Gasteiger partial charge in [-0.25, -0.2) is 4.79 Å². The average Bonchev–Trinajstić information content (AvgIpc) is 2.54. The molecular formula is C17H12N2O3. The number of carbonyl (C=O) groups excluding carboxylic acids is 1. The lowest BCUT2D eigenvalue weighted by Gasteiger charge is -2.01. The van der Waals surface area contributed by atoms with Crippen molar-refractivity contribution >= 4 is 23.6 Å². The summed E-state index contributed by atoms with van der Waals surface area (Å²) in [7, 11) is 0. The molecular weight excluding hydrogens is 280 g/mol. The Morgan fingerprint density at radius 1 is 1.05 bits per heavy atom. The van der Waals surface area contributed by atoms with Crippen molar-refractivity contribution < 1.29 is 14.7 Å². The van der Waals surface area contributed by atoms with Gasteiger partial charge >= 0.3 is 5.97 Å². The zero-order chi connectivity index (χ0) is 15.9. The largest absolute Gasteiger partial charge is 0.478 e. The molecule has 2 N–H and O–H groups in total. The number of rotatable bonds is 4. The van der Waals surface area contributed by atoms with Gasteiger partial charge in [-0.05, 0) is 48.0 Å². The van der Waals surface area contributed by atoms with Crippen LogP contribution in [-0.4, -0.2) is 17.0 Å². The number of aromatic carboxylic acids is 1. The molecule has 0 saturated heterocycles. The number of carboxylic acids is 1. The summed E-state index contributed by atoms with van der Waals surface area (Å²) >= 11 is 0. The van der Waals surface area contributed by atoms with Gasteiger partial charge in [-0.3, -0.25) is 4.79 Å². The summed E-state index contributed by atoms with van der Waals surface area (Å²) in [5.74, 6) is -1.30. The number of hydrogen-bond donors (Lipinski definition) is 2. The molecule has 2 aromatic carbocycles. The summed E-state index contributed by atoms with van der Waals surface area (Å²) in [6.07, 6.45) is 2.94. The standard InChI is InChI=1S/C17H12N2O3/c18-11-13-3-8-15(9-4-13)19-16(20)10-5-12-1-6-14(7-2-12)17(21)22/h1-10H,(H,19,20)(H,21,22). The van der Waals surface area contributed by atoms with E-state index in [2.05, 4.69) is 5.32 Å². The first-order valence-electron chi connectivity index (χ1n) is 6.41. The van der Waals surface area contributed by atoms with Crippen LogP contribution in [0.15, 0.2) is 54.6 Å². The minimum Gasteiger partial charge on any atom is -0.478 e. The first-order valence-corrected chi connectivity index (χ1v) is 6.41. The fourth-order valence-electron chi connectivity index (χ4n) is 1.72. The number of nitrogens with zero attached hydrogens (tertiary/aromatic N) is 1. The normalized spacial score (nSPS) is 10.1. The van der Waals surface area contributed by atoms with Crippen molar-refractivity contribution in [1.29, 1.82) is 5.26 Å². The molecule has 0 fully saturated rings. The highest BCUT2D eigenvalue weighted by molar-refractivity contribution is 6.02. The summed E-state index contributed by atoms with van der Waals surface area (Å²) in [6, 6.07) is 14.7. The maximum atomic E-state index is 11.8. The Labute approximate surface area is 127 Å². The number of amides is 1. The highest BCUT2D eigenvalue weighted by Gasteiger charge is 2.01. The summed E-state index contributed by atoms with van der Waals surface area (Å²) in [5, 5.41) is 20.1. The Morgan fingerprint density at radius 2 is 1.68 bits per heavy atom. The van der Waals surface area contributed by atoms with Gasteiger partial charge in [0.25, 0.3) is 0 Å². The number of benzene rings is 2. The topological polar surface area (TPSA) is 90.2 Å². The predicted molar refractivity (Wildman–Crippen MR) is 82.2 cm³/mol. The predicted octanol–water partition coefficient (Wildman–Crippen LogP) is 2.91. The van der Waals surface area contributed by atoms with Crippen LogP contribution in [0.2, 0.25) is 0 Å². The molecule has 5 heteroatoms. The molecule has 0 saturated carbocycles. The van der Waals surface area contributed by atoms with Crippen molar-refractivity contribution in [3.8, 4) is 6.07 Å². The first-order chi connectivity index (χ1) is 10.6. The monoisotopic (exact) mass is 292 g/mol. The SMILES string of the molecule is N#Cc1ccc(NC(=O)C=Cc2ccc(C(=O)O)cc2)cc1. The third kappa shape index (κ3) is 4.05. The minimum absolute atomic E-state index is 0.194. The highest BCUT2D eigenvalue weighted by atomic mass is 16.4. The molecule has 0 heterocycles. The number of hydrogen-bond acceptors (Lipinski definition) is 3. The molecule has 1 amide bonds. The third-order valence-electron chi connectivity index (χ3n) is 2.87. The fraction of sp³-hybridized carbons (Fsp3) is 0. The summed E-state index contributed by atoms with van der Waals surface area (Å²) in [6.45, 7) is 0. The molecule has 0 radical (unpaired) electrons. The van der Waals surface area contributed by atoms with Crippen LogP contribution < -0.4 is 5.32 Å². The quantitative estimate of drug-likeness (QED) is 0.848. The Balaban J connectivity index is 1.98. The van der Waals surface area contributed by atoms with Crippen molar-refractivity contribution in [2.24, 2.45) is 0 Å². The second-order valence-corrected chi connectivity index (χ2v) is 4.44. The van der Waals surface area contributed by atoms with Gasteiger partial charge in [-0.1, -0.05) is 12.1 Å². The number of nitriles is 1. The molecule has 5 nitrogen and oxygen atoms in total. The van der Waals surface area contributed by atoms with Crippen LogP contribution in [0.5, 0.6) is 0 Å². The molecule has 0 unspecified atom stereocenters. The van der Waals surface area contributed by atoms with E-state index in [1.54, 1.807) is 42.5 Å². The van der Waals surface area contributed by atoms with Crippen LogP contribution in [0.3, 0.4) is 0 Å². The molecule has 2 rings (SSSR count). The van der Waals surface area contributed by atoms with Crippen molar-refractivity contribution in [3.05, 3.63) is 71.3 Å². The Bertz CT molecular complexity index is 754. The van der Waals surface area contributed by atoms with Gasteiger partial charge in [0.05, 0.1) is 17.2 Å². The minimum atomic E-state index is -0.992. The zero-order valence-corrected chi connectivity index (χ0v) is 11.5. The Kier molecular flexibility index (Phi) is 4.68. The van der Waals surface area contributed by atoms with Gasteiger partial charge in [-0.15, -0.1) is 0 Å². The summed E-state index contributed by atoms with van der Waals surface area (Å²) < 4.78 is 0. The van der Waals surface area contributed by atoms with Gasteiger partial charge < -0.3 is 10.4 Å². The third-order valence-corrected chi connectivity index (χ3v) is 2.87. The molecule has 0 aliphatic rings. The van der Waals surface area contributed by atoms with Gasteiger partial charge in [-0.2, -0.15) is 5.26 Å². The second kappa shape index (κ2) is 6.86. The van der Waals surface area contributed by atoms with E-state index in [9.17, 15) is 9.59 Å². The molecule has 0 aliphatic heterocycles. The molecule has 0 atom stereocenters. The molecule has 108 valence electrons. The van der Waals surface area contributed by atoms with E-state index in [-0.39, 0.29) is 11.5 Å². The lowest BCUT2D eigenvalue weighted by Crippen LogP contribution is -2.07. The number of carboxylic acid groups (broad SMARTS) is 1. The number of carbonyl (C=O) groups is 2. The molecule has 0 aliphatic carbocycles. The maximum absolute atomic E-state index is 11.8. The Morgan fingerprint density at radius 3 is 2.23 bits per heavy atom.